The molecule has 0 unspecified atom stereocenters. The summed E-state index contributed by atoms with van der Waals surface area (Å²) < 4.78 is 52.0. The van der Waals surface area contributed by atoms with Crippen molar-refractivity contribution in [3.8, 4) is 0 Å². The Morgan fingerprint density at radius 3 is 2.38 bits per heavy atom. The Morgan fingerprint density at radius 1 is 1.38 bits per heavy atom. The van der Waals surface area contributed by atoms with Crippen LogP contribution in [0.5, 0.6) is 0 Å². The first-order valence-electron chi connectivity index (χ1n) is 4.00. The minimum Gasteiger partial charge on any atom is -0.250 e. The maximum atomic E-state index is 12.4. The molecule has 0 atom stereocenters. The fraction of sp³-hybridized carbons (Fsp3) is 0.375. The summed E-state index contributed by atoms with van der Waals surface area (Å²) in [6, 6.07) is 1.40. The van der Waals surface area contributed by atoms with Gasteiger partial charge >= 0.3 is 6.18 Å². The Kier molecular flexibility index (Phi) is 3.49. The van der Waals surface area contributed by atoms with E-state index in [2.05, 4.69) is 9.35 Å². The van der Waals surface area contributed by atoms with Crippen LogP contribution < -0.4 is 0 Å². The minimum absolute atomic E-state index is 0.283. The molecule has 8 heteroatoms. The number of hydrogen-bond acceptors (Lipinski definition) is 3. The molecule has 1 aromatic rings. The van der Waals surface area contributed by atoms with Crippen LogP contribution in [0.2, 0.25) is 5.15 Å². The van der Waals surface area contributed by atoms with Gasteiger partial charge in [0.05, 0.1) is 5.56 Å². The third kappa shape index (κ3) is 3.97. The molecule has 1 aromatic heterocycles. The van der Waals surface area contributed by atoms with Crippen molar-refractivity contribution < 1.29 is 17.4 Å². The van der Waals surface area contributed by atoms with Crippen LogP contribution >= 0.6 is 11.6 Å². The molecule has 0 N–H and O–H groups in total. The summed E-state index contributed by atoms with van der Waals surface area (Å²) in [5.41, 5.74) is -0.963. The number of hydrogen-bond donors (Lipinski definition) is 0. The van der Waals surface area contributed by atoms with E-state index in [0.29, 0.717) is 12.1 Å². The van der Waals surface area contributed by atoms with E-state index in [4.69, 9.17) is 11.6 Å². The second kappa shape index (κ2) is 4.21. The summed E-state index contributed by atoms with van der Waals surface area (Å²) in [6.45, 7) is 0. The SMILES string of the molecule is CS(C)(=O)=Nc1cc(C(F)(F)F)cc(Cl)n1. The first-order valence-corrected chi connectivity index (χ1v) is 6.71. The van der Waals surface area contributed by atoms with Crippen molar-refractivity contribution >= 4 is 27.1 Å². The van der Waals surface area contributed by atoms with Gasteiger partial charge < -0.3 is 0 Å². The largest absolute Gasteiger partial charge is 0.416 e. The number of alkyl halides is 3. The standard InChI is InChI=1S/C8H8ClF3N2OS/c1-16(2,15)14-7-4-5(8(10,11)12)3-6(9)13-7/h3-4H,1-2H3. The molecule has 0 amide bonds. The molecule has 0 aliphatic heterocycles. The topological polar surface area (TPSA) is 42.3 Å². The molecule has 0 bridgehead atoms. The minimum atomic E-state index is -4.53. The Hall–Kier alpha value is -0.820. The molecular formula is C8H8ClF3N2OS. The van der Waals surface area contributed by atoms with Crippen LogP contribution in [0.15, 0.2) is 16.5 Å². The van der Waals surface area contributed by atoms with Gasteiger partial charge in [-0.3, -0.25) is 0 Å². The third-order valence-electron chi connectivity index (χ3n) is 1.42. The second-order valence-corrected chi connectivity index (χ2v) is 6.24. The predicted molar refractivity (Wildman–Crippen MR) is 56.3 cm³/mol. The Bertz CT molecular complexity index is 513. The van der Waals surface area contributed by atoms with E-state index >= 15 is 0 Å². The highest BCUT2D eigenvalue weighted by atomic mass is 35.5. The molecule has 1 rings (SSSR count). The van der Waals surface area contributed by atoms with Crippen molar-refractivity contribution in [1.82, 2.24) is 4.98 Å². The Labute approximate surface area is 95.8 Å². The smallest absolute Gasteiger partial charge is 0.250 e. The van der Waals surface area contributed by atoms with Crippen LogP contribution in [-0.2, 0) is 15.9 Å². The van der Waals surface area contributed by atoms with Crippen LogP contribution in [0, 0.1) is 0 Å². The monoisotopic (exact) mass is 272 g/mol. The summed E-state index contributed by atoms with van der Waals surface area (Å²) in [6.07, 6.45) is -1.94. The fourth-order valence-electron chi connectivity index (χ4n) is 0.919. The molecule has 0 aliphatic carbocycles. The molecule has 0 aliphatic rings. The average molecular weight is 273 g/mol. The predicted octanol–water partition coefficient (Wildman–Crippen LogP) is 3.11. The van der Waals surface area contributed by atoms with Crippen LogP contribution in [0.25, 0.3) is 0 Å². The van der Waals surface area contributed by atoms with Gasteiger partial charge in [-0.1, -0.05) is 11.6 Å². The van der Waals surface area contributed by atoms with E-state index in [1.54, 1.807) is 0 Å². The van der Waals surface area contributed by atoms with E-state index in [1.165, 1.54) is 12.5 Å². The normalized spacial score (nSPS) is 12.6. The molecule has 16 heavy (non-hydrogen) atoms. The molecular weight excluding hydrogens is 265 g/mol. The van der Waals surface area contributed by atoms with Gasteiger partial charge in [0.2, 0.25) is 0 Å². The van der Waals surface area contributed by atoms with Crippen molar-refractivity contribution in [3.63, 3.8) is 0 Å². The van der Waals surface area contributed by atoms with E-state index in [1.807, 2.05) is 0 Å². The van der Waals surface area contributed by atoms with Gasteiger partial charge in [0, 0.05) is 22.2 Å². The molecule has 0 radical (unpaired) electrons. The summed E-state index contributed by atoms with van der Waals surface area (Å²) in [5, 5.41) is -0.336. The summed E-state index contributed by atoms with van der Waals surface area (Å²) in [7, 11) is -2.57. The van der Waals surface area contributed by atoms with Gasteiger partial charge in [0.1, 0.15) is 5.15 Å². The van der Waals surface area contributed by atoms with Gasteiger partial charge in [-0.05, 0) is 12.1 Å². The molecule has 3 nitrogen and oxygen atoms in total. The highest BCUT2D eigenvalue weighted by Gasteiger charge is 2.31. The lowest BCUT2D eigenvalue weighted by molar-refractivity contribution is -0.137. The van der Waals surface area contributed by atoms with Crippen molar-refractivity contribution in [1.29, 1.82) is 0 Å². The average Bonchev–Trinajstić information content (AvgIpc) is 1.97. The van der Waals surface area contributed by atoms with Gasteiger partial charge in [-0.2, -0.15) is 17.5 Å². The lowest BCUT2D eigenvalue weighted by Crippen LogP contribution is -2.05. The number of halogens is 4. The zero-order chi connectivity index (χ0) is 12.6. The van der Waals surface area contributed by atoms with Gasteiger partial charge in [-0.25, -0.2) is 9.19 Å². The van der Waals surface area contributed by atoms with Crippen LogP contribution in [0.4, 0.5) is 19.0 Å². The number of nitrogens with zero attached hydrogens (tertiary/aromatic N) is 2. The summed E-state index contributed by atoms with van der Waals surface area (Å²) >= 11 is 5.42. The van der Waals surface area contributed by atoms with Crippen LogP contribution in [0.1, 0.15) is 5.56 Å². The maximum Gasteiger partial charge on any atom is 0.416 e. The van der Waals surface area contributed by atoms with Gasteiger partial charge in [0.25, 0.3) is 0 Å². The molecule has 0 saturated heterocycles. The molecule has 0 aromatic carbocycles. The van der Waals surface area contributed by atoms with E-state index in [0.717, 1.165) is 0 Å². The zero-order valence-corrected chi connectivity index (χ0v) is 9.95. The number of rotatable bonds is 1. The van der Waals surface area contributed by atoms with Crippen molar-refractivity contribution in [3.05, 3.63) is 22.8 Å². The fourth-order valence-corrected chi connectivity index (χ4v) is 1.67. The van der Waals surface area contributed by atoms with Crippen molar-refractivity contribution in [2.75, 3.05) is 12.5 Å². The van der Waals surface area contributed by atoms with E-state index < -0.39 is 21.5 Å². The highest BCUT2D eigenvalue weighted by Crippen LogP contribution is 2.32. The summed E-state index contributed by atoms with van der Waals surface area (Å²) in [5.74, 6) is -0.283. The molecule has 1 heterocycles. The van der Waals surface area contributed by atoms with E-state index in [-0.39, 0.29) is 11.0 Å². The molecule has 0 saturated carbocycles. The lowest BCUT2D eigenvalue weighted by Gasteiger charge is -2.07. The molecule has 0 spiro atoms. The third-order valence-corrected chi connectivity index (χ3v) is 2.24. The Balaban J connectivity index is 3.36. The first-order chi connectivity index (χ1) is 7.08. The Morgan fingerprint density at radius 2 is 1.94 bits per heavy atom. The van der Waals surface area contributed by atoms with Crippen molar-refractivity contribution in [2.24, 2.45) is 4.36 Å². The highest BCUT2D eigenvalue weighted by molar-refractivity contribution is 7.92. The summed E-state index contributed by atoms with van der Waals surface area (Å²) in [4.78, 5) is 3.55. The van der Waals surface area contributed by atoms with Crippen LogP contribution in [-0.4, -0.2) is 21.7 Å². The quantitative estimate of drug-likeness (QED) is 0.737. The number of pyridine rings is 1. The van der Waals surface area contributed by atoms with E-state index in [9.17, 15) is 17.4 Å². The second-order valence-electron chi connectivity index (χ2n) is 3.31. The zero-order valence-electron chi connectivity index (χ0n) is 8.38. The lowest BCUT2D eigenvalue weighted by atomic mass is 10.2. The van der Waals surface area contributed by atoms with Gasteiger partial charge in [0.15, 0.2) is 5.82 Å². The first kappa shape index (κ1) is 13.2. The number of aromatic nitrogens is 1. The van der Waals surface area contributed by atoms with Crippen molar-refractivity contribution in [2.45, 2.75) is 6.18 Å². The maximum absolute atomic E-state index is 12.4. The molecule has 90 valence electrons. The molecule has 0 fully saturated rings. The van der Waals surface area contributed by atoms with Crippen LogP contribution in [0.3, 0.4) is 0 Å². The van der Waals surface area contributed by atoms with Gasteiger partial charge in [-0.15, -0.1) is 0 Å².